The molecule has 2 atom stereocenters. The molecule has 18 heavy (non-hydrogen) atoms. The molecule has 0 amide bonds. The van der Waals surface area contributed by atoms with Crippen LogP contribution in [0.5, 0.6) is 0 Å². The molecule has 0 saturated heterocycles. The highest BCUT2D eigenvalue weighted by Crippen LogP contribution is 2.32. The Morgan fingerprint density at radius 1 is 1.44 bits per heavy atom. The summed E-state index contributed by atoms with van der Waals surface area (Å²) in [5.74, 6) is 1.47. The Morgan fingerprint density at radius 2 is 2.17 bits per heavy atom. The minimum Gasteiger partial charge on any atom is -0.330 e. The molecule has 1 aromatic rings. The van der Waals surface area contributed by atoms with Gasteiger partial charge >= 0.3 is 0 Å². The van der Waals surface area contributed by atoms with Crippen LogP contribution in [0.3, 0.4) is 0 Å². The van der Waals surface area contributed by atoms with Gasteiger partial charge in [-0.15, -0.1) is 0 Å². The highest BCUT2D eigenvalue weighted by atomic mass is 15.3. The third-order valence-electron chi connectivity index (χ3n) is 4.55. The first-order valence-electron chi connectivity index (χ1n) is 7.48. The zero-order valence-corrected chi connectivity index (χ0v) is 11.8. The number of hydrogen-bond donors (Lipinski definition) is 1. The number of nitrogens with zero attached hydrogens (tertiary/aromatic N) is 2. The van der Waals surface area contributed by atoms with Crippen LogP contribution in [0.15, 0.2) is 12.3 Å². The maximum absolute atomic E-state index is 5.96. The fourth-order valence-corrected chi connectivity index (χ4v) is 3.06. The molecule has 0 bridgehead atoms. The lowest BCUT2D eigenvalue weighted by Crippen LogP contribution is -2.24. The molecular formula is C15H27N3. The first-order valence-corrected chi connectivity index (χ1v) is 7.48. The van der Waals surface area contributed by atoms with Crippen LogP contribution in [0.1, 0.15) is 57.7 Å². The van der Waals surface area contributed by atoms with Crippen LogP contribution in [0.25, 0.3) is 0 Å². The maximum atomic E-state index is 5.96. The van der Waals surface area contributed by atoms with Crippen LogP contribution in [0, 0.1) is 11.8 Å². The molecule has 2 unspecified atom stereocenters. The molecule has 1 aromatic heterocycles. The fourth-order valence-electron chi connectivity index (χ4n) is 3.06. The molecule has 2 rings (SSSR count). The molecule has 1 saturated carbocycles. The highest BCUT2D eigenvalue weighted by molar-refractivity contribution is 5.02. The minimum atomic E-state index is 0.501. The second-order valence-corrected chi connectivity index (χ2v) is 5.79. The third-order valence-corrected chi connectivity index (χ3v) is 4.55. The molecule has 1 fully saturated rings. The van der Waals surface area contributed by atoms with E-state index in [-0.39, 0.29) is 0 Å². The summed E-state index contributed by atoms with van der Waals surface area (Å²) in [6.07, 6.45) is 9.83. The molecule has 0 aromatic carbocycles. The van der Waals surface area contributed by atoms with Crippen molar-refractivity contribution in [2.45, 2.75) is 58.4 Å². The van der Waals surface area contributed by atoms with Gasteiger partial charge in [-0.2, -0.15) is 5.10 Å². The zero-order valence-electron chi connectivity index (χ0n) is 11.8. The third kappa shape index (κ3) is 3.14. The van der Waals surface area contributed by atoms with Gasteiger partial charge in [-0.1, -0.05) is 32.6 Å². The van der Waals surface area contributed by atoms with E-state index in [0.29, 0.717) is 12.0 Å². The molecule has 3 nitrogen and oxygen atoms in total. The Labute approximate surface area is 111 Å². The Morgan fingerprint density at radius 3 is 2.78 bits per heavy atom. The number of nitrogens with two attached hydrogens (primary N) is 1. The van der Waals surface area contributed by atoms with Gasteiger partial charge in [0.1, 0.15) is 0 Å². The van der Waals surface area contributed by atoms with Gasteiger partial charge in [0.05, 0.1) is 5.69 Å². The predicted octanol–water partition coefficient (Wildman–Crippen LogP) is 3.16. The van der Waals surface area contributed by atoms with E-state index in [0.717, 1.165) is 25.3 Å². The number of rotatable bonds is 6. The second-order valence-electron chi connectivity index (χ2n) is 5.79. The summed E-state index contributed by atoms with van der Waals surface area (Å²) in [7, 11) is 0. The summed E-state index contributed by atoms with van der Waals surface area (Å²) in [4.78, 5) is 0. The molecule has 3 heteroatoms. The standard InChI is InChI=1S/C15H27N3/c1-3-12(2)18-9-8-15(17-18)10-14(11-16)13-6-4-5-7-13/h8-9,12-14H,3-7,10-11,16H2,1-2H3. The van der Waals surface area contributed by atoms with Crippen LogP contribution < -0.4 is 5.73 Å². The lowest BCUT2D eigenvalue weighted by atomic mass is 9.87. The fraction of sp³-hybridized carbons (Fsp3) is 0.800. The first-order chi connectivity index (χ1) is 8.74. The summed E-state index contributed by atoms with van der Waals surface area (Å²) in [6.45, 7) is 5.22. The van der Waals surface area contributed by atoms with Gasteiger partial charge in [-0.25, -0.2) is 0 Å². The summed E-state index contributed by atoms with van der Waals surface area (Å²) < 4.78 is 2.09. The summed E-state index contributed by atoms with van der Waals surface area (Å²) in [5.41, 5.74) is 7.18. The van der Waals surface area contributed by atoms with Crippen molar-refractivity contribution in [2.75, 3.05) is 6.54 Å². The van der Waals surface area contributed by atoms with Crippen molar-refractivity contribution in [1.29, 1.82) is 0 Å². The molecule has 0 aliphatic heterocycles. The van der Waals surface area contributed by atoms with Gasteiger partial charge in [-0.3, -0.25) is 4.68 Å². The van der Waals surface area contributed by atoms with Crippen molar-refractivity contribution >= 4 is 0 Å². The van der Waals surface area contributed by atoms with Crippen LogP contribution in [0.4, 0.5) is 0 Å². The number of hydrogen-bond acceptors (Lipinski definition) is 2. The molecule has 0 spiro atoms. The van der Waals surface area contributed by atoms with E-state index in [4.69, 9.17) is 10.8 Å². The Kier molecular flexibility index (Phi) is 4.81. The predicted molar refractivity (Wildman–Crippen MR) is 75.4 cm³/mol. The van der Waals surface area contributed by atoms with Crippen LogP contribution in [-0.4, -0.2) is 16.3 Å². The summed E-state index contributed by atoms with van der Waals surface area (Å²) in [5, 5.41) is 4.70. The van der Waals surface area contributed by atoms with Crippen molar-refractivity contribution < 1.29 is 0 Å². The lowest BCUT2D eigenvalue weighted by molar-refractivity contribution is 0.340. The molecule has 0 radical (unpaired) electrons. The van der Waals surface area contributed by atoms with Crippen LogP contribution >= 0.6 is 0 Å². The molecule has 1 aliphatic carbocycles. The minimum absolute atomic E-state index is 0.501. The molecule has 1 aliphatic rings. The van der Waals surface area contributed by atoms with Crippen LogP contribution in [-0.2, 0) is 6.42 Å². The topological polar surface area (TPSA) is 43.8 Å². The Hall–Kier alpha value is -0.830. The number of aromatic nitrogens is 2. The molecule has 102 valence electrons. The van der Waals surface area contributed by atoms with Gasteiger partial charge in [0.15, 0.2) is 0 Å². The van der Waals surface area contributed by atoms with E-state index < -0.39 is 0 Å². The normalized spacial score (nSPS) is 20.2. The maximum Gasteiger partial charge on any atom is 0.0628 e. The van der Waals surface area contributed by atoms with Gasteiger partial charge in [0.2, 0.25) is 0 Å². The van der Waals surface area contributed by atoms with Gasteiger partial charge in [0, 0.05) is 12.2 Å². The van der Waals surface area contributed by atoms with Gasteiger partial charge < -0.3 is 5.73 Å². The average molecular weight is 249 g/mol. The van der Waals surface area contributed by atoms with Crippen molar-refractivity contribution in [3.8, 4) is 0 Å². The van der Waals surface area contributed by atoms with Crippen molar-refractivity contribution in [1.82, 2.24) is 9.78 Å². The smallest absolute Gasteiger partial charge is 0.0628 e. The summed E-state index contributed by atoms with van der Waals surface area (Å²) in [6, 6.07) is 2.67. The largest absolute Gasteiger partial charge is 0.330 e. The van der Waals surface area contributed by atoms with Gasteiger partial charge in [-0.05, 0) is 44.2 Å². The van der Waals surface area contributed by atoms with Crippen molar-refractivity contribution in [2.24, 2.45) is 17.6 Å². The first kappa shape index (κ1) is 13.6. The average Bonchev–Trinajstić information content (AvgIpc) is 3.05. The second kappa shape index (κ2) is 6.37. The van der Waals surface area contributed by atoms with Crippen molar-refractivity contribution in [3.63, 3.8) is 0 Å². The zero-order chi connectivity index (χ0) is 13.0. The highest BCUT2D eigenvalue weighted by Gasteiger charge is 2.24. The molecular weight excluding hydrogens is 222 g/mol. The lowest BCUT2D eigenvalue weighted by Gasteiger charge is -2.20. The Bertz CT molecular complexity index is 352. The Balaban J connectivity index is 1.96. The van der Waals surface area contributed by atoms with E-state index in [1.54, 1.807) is 0 Å². The quantitative estimate of drug-likeness (QED) is 0.841. The SMILES string of the molecule is CCC(C)n1ccc(CC(CN)C2CCCC2)n1. The molecule has 2 N–H and O–H groups in total. The van der Waals surface area contributed by atoms with E-state index in [1.807, 2.05) is 0 Å². The van der Waals surface area contributed by atoms with E-state index in [9.17, 15) is 0 Å². The van der Waals surface area contributed by atoms with E-state index in [1.165, 1.54) is 31.4 Å². The van der Waals surface area contributed by atoms with Gasteiger partial charge in [0.25, 0.3) is 0 Å². The van der Waals surface area contributed by atoms with Crippen LogP contribution in [0.2, 0.25) is 0 Å². The van der Waals surface area contributed by atoms with E-state index >= 15 is 0 Å². The molecule has 1 heterocycles. The van der Waals surface area contributed by atoms with Crippen molar-refractivity contribution in [3.05, 3.63) is 18.0 Å². The van der Waals surface area contributed by atoms with E-state index in [2.05, 4.69) is 30.8 Å². The monoisotopic (exact) mass is 249 g/mol. The summed E-state index contributed by atoms with van der Waals surface area (Å²) >= 11 is 0.